The van der Waals surface area contributed by atoms with Gasteiger partial charge < -0.3 is 116 Å². The zero-order valence-electron chi connectivity index (χ0n) is 38.7. The number of aliphatic hydroxyl groups is 10. The molecule has 12 unspecified atom stereocenters. The molecule has 12 rings (SSSR count). The molecule has 0 aromatic rings. The average molecular weight is 1050 g/mol. The van der Waals surface area contributed by atoms with Crippen molar-refractivity contribution in [1.29, 1.82) is 0 Å². The summed E-state index contributed by atoms with van der Waals surface area (Å²) in [6.07, 6.45) is -19.9. The SMILES string of the molecule is CC(=S)NCCN(CCNC(=S)NCC1O[C@@H]2OC3C(CO)O[C@H](OCCCCC1[C@H](O)C2O)C(O)[C@H]3O)CCNC(=S)NCC1O[C@@H]2OC3C(CO)O[C@H](OCCCCC1[C@H](O)C2O)C(O)[C@H]3O. The molecular formula is C42H74N6O18S3. The number of rotatable bonds is 15. The molecule has 12 heterocycles. The first-order valence-electron chi connectivity index (χ1n) is 23.9. The van der Waals surface area contributed by atoms with Gasteiger partial charge in [-0.2, -0.15) is 0 Å². The third-order valence-corrected chi connectivity index (χ3v) is 14.2. The summed E-state index contributed by atoms with van der Waals surface area (Å²) >= 11 is 16.5. The third-order valence-electron chi connectivity index (χ3n) is 13.5. The van der Waals surface area contributed by atoms with E-state index in [1.807, 2.05) is 0 Å². The van der Waals surface area contributed by atoms with E-state index in [4.69, 9.17) is 74.5 Å². The molecule has 0 spiro atoms. The zero-order chi connectivity index (χ0) is 49.8. The third kappa shape index (κ3) is 15.3. The Kier molecular flexibility index (Phi) is 22.8. The van der Waals surface area contributed by atoms with E-state index in [0.29, 0.717) is 93.0 Å². The van der Waals surface area contributed by atoms with E-state index in [1.165, 1.54) is 0 Å². The van der Waals surface area contributed by atoms with E-state index >= 15 is 0 Å². The van der Waals surface area contributed by atoms with Crippen LogP contribution in [0.3, 0.4) is 0 Å². The quantitative estimate of drug-likeness (QED) is 0.0680. The van der Waals surface area contributed by atoms with Crippen LogP contribution in [0.15, 0.2) is 0 Å². The molecule has 12 fully saturated rings. The second-order valence-corrected chi connectivity index (χ2v) is 19.8. The standard InChI is InChI=1S/C42H74N6O18S3/c1-20(67)43-8-11-48(12-9-44-41(68)46-16-23-21-6-2-4-14-59-37-33(57)29(53)35(25(18-49)63-37)65-39(61-23)31(55)27(21)51)13-10-45-42(69)47-17-24-22-7-3-5-15-60-38-34(58)30(54)36(26(19-50)64-38)66-40(62-24)32(56)28(22)52/h21-40,49-58H,2-19H2,1H3,(H,43,67)(H2,44,46,68)(H2,45,47,69)/t21?,22?,23?,24?,25?,26?,27-,28-,29+,30+,31?,32?,33?,34?,35?,36?,37-,38-,39+,40+/m0/s1. The van der Waals surface area contributed by atoms with Gasteiger partial charge >= 0.3 is 0 Å². The number of nitrogens with one attached hydrogen (secondary N) is 5. The highest BCUT2D eigenvalue weighted by atomic mass is 32.1. The normalized spacial score (nSPS) is 40.9. The van der Waals surface area contributed by atoms with E-state index in [2.05, 4.69) is 31.5 Å². The van der Waals surface area contributed by atoms with Crippen LogP contribution in [0.2, 0.25) is 0 Å². The lowest BCUT2D eigenvalue weighted by molar-refractivity contribution is -0.355. The number of aliphatic hydroxyl groups excluding tert-OH is 10. The van der Waals surface area contributed by atoms with Crippen molar-refractivity contribution in [3.05, 3.63) is 0 Å². The molecule has 0 aromatic heterocycles. The summed E-state index contributed by atoms with van der Waals surface area (Å²) < 4.78 is 47.0. The Balaban J connectivity index is 0.984. The average Bonchev–Trinajstić information content (AvgIpc) is 3.32. The van der Waals surface area contributed by atoms with Crippen LogP contribution in [0.4, 0.5) is 0 Å². The van der Waals surface area contributed by atoms with Crippen LogP contribution in [0.1, 0.15) is 45.4 Å². The lowest BCUT2D eigenvalue weighted by atomic mass is 9.84. The second-order valence-electron chi connectivity index (χ2n) is 18.3. The van der Waals surface area contributed by atoms with Crippen molar-refractivity contribution in [2.24, 2.45) is 11.8 Å². The van der Waals surface area contributed by atoms with Crippen LogP contribution in [0.25, 0.3) is 0 Å². The highest BCUT2D eigenvalue weighted by molar-refractivity contribution is 7.80. The van der Waals surface area contributed by atoms with Crippen molar-refractivity contribution in [1.82, 2.24) is 31.5 Å². The topological polar surface area (TPSA) is 340 Å². The zero-order valence-corrected chi connectivity index (χ0v) is 41.1. The van der Waals surface area contributed by atoms with Gasteiger partial charge in [-0.25, -0.2) is 0 Å². The van der Waals surface area contributed by atoms with Gasteiger partial charge in [0.1, 0.15) is 61.0 Å². The van der Waals surface area contributed by atoms with Crippen molar-refractivity contribution >= 4 is 51.9 Å². The van der Waals surface area contributed by atoms with E-state index in [-0.39, 0.29) is 26.3 Å². The van der Waals surface area contributed by atoms with E-state index in [1.54, 1.807) is 6.92 Å². The van der Waals surface area contributed by atoms with Gasteiger partial charge in [-0.3, -0.25) is 4.90 Å². The number of hydrogen-bond acceptors (Lipinski definition) is 22. The smallest absolute Gasteiger partial charge is 0.186 e. The molecule has 15 N–H and O–H groups in total. The summed E-state index contributed by atoms with van der Waals surface area (Å²) in [7, 11) is 0. The van der Waals surface area contributed by atoms with Crippen LogP contribution in [-0.2, 0) is 37.9 Å². The number of thiocarbonyl (C=S) groups is 3. The molecule has 0 amide bonds. The van der Waals surface area contributed by atoms with Gasteiger partial charge in [0, 0.05) is 77.4 Å². The van der Waals surface area contributed by atoms with Crippen LogP contribution in [0, 0.1) is 11.8 Å². The lowest BCUT2D eigenvalue weighted by Crippen LogP contribution is -2.64. The maximum absolute atomic E-state index is 11.3. The Labute approximate surface area is 417 Å². The number of ether oxygens (including phenoxy) is 8. The van der Waals surface area contributed by atoms with Crippen molar-refractivity contribution in [3.63, 3.8) is 0 Å². The van der Waals surface area contributed by atoms with Gasteiger partial charge in [0.05, 0.1) is 42.6 Å². The van der Waals surface area contributed by atoms with Gasteiger partial charge in [0.2, 0.25) is 0 Å². The van der Waals surface area contributed by atoms with Crippen LogP contribution < -0.4 is 26.6 Å². The highest BCUT2D eigenvalue weighted by Gasteiger charge is 2.53. The van der Waals surface area contributed by atoms with E-state index in [0.717, 1.165) is 0 Å². The van der Waals surface area contributed by atoms with Crippen LogP contribution >= 0.6 is 36.7 Å². The van der Waals surface area contributed by atoms with Crippen molar-refractivity contribution in [3.8, 4) is 0 Å². The van der Waals surface area contributed by atoms with Crippen molar-refractivity contribution in [2.75, 3.05) is 78.8 Å². The Morgan fingerprint density at radius 3 is 1.23 bits per heavy atom. The predicted molar refractivity (Wildman–Crippen MR) is 253 cm³/mol. The molecule has 12 saturated heterocycles. The van der Waals surface area contributed by atoms with Crippen LogP contribution in [0.5, 0.6) is 0 Å². The fourth-order valence-corrected chi connectivity index (χ4v) is 10.1. The van der Waals surface area contributed by atoms with Gasteiger partial charge in [0.25, 0.3) is 0 Å². The maximum Gasteiger partial charge on any atom is 0.186 e. The molecule has 0 radical (unpaired) electrons. The van der Waals surface area contributed by atoms with Gasteiger partial charge in [-0.05, 0) is 57.0 Å². The Morgan fingerprint density at radius 1 is 0.464 bits per heavy atom. The molecule has 398 valence electrons. The fourth-order valence-electron chi connectivity index (χ4n) is 9.59. The van der Waals surface area contributed by atoms with Crippen LogP contribution in [-0.4, -0.2) is 261 Å². The summed E-state index contributed by atoms with van der Waals surface area (Å²) in [6.45, 7) is 4.45. The monoisotopic (exact) mass is 1050 g/mol. The minimum atomic E-state index is -1.55. The highest BCUT2D eigenvalue weighted by Crippen LogP contribution is 2.36. The minimum Gasteiger partial charge on any atom is -0.394 e. The number of nitrogens with zero attached hydrogens (tertiary/aromatic N) is 1. The van der Waals surface area contributed by atoms with Gasteiger partial charge in [0.15, 0.2) is 35.4 Å². The Morgan fingerprint density at radius 2 is 0.841 bits per heavy atom. The largest absolute Gasteiger partial charge is 0.394 e. The summed E-state index contributed by atoms with van der Waals surface area (Å²) in [5, 5.41) is 124. The molecule has 24 nitrogen and oxygen atoms in total. The first kappa shape index (κ1) is 56.8. The van der Waals surface area contributed by atoms with E-state index in [9.17, 15) is 51.1 Å². The summed E-state index contributed by atoms with van der Waals surface area (Å²) in [5.41, 5.74) is 0. The fraction of sp³-hybridized carbons (Fsp3) is 0.929. The van der Waals surface area contributed by atoms with Gasteiger partial charge in [-0.15, -0.1) is 0 Å². The Hall–Kier alpha value is -1.49. The minimum absolute atomic E-state index is 0.132. The molecule has 12 aliphatic rings. The second kappa shape index (κ2) is 27.7. The number of hydrogen-bond donors (Lipinski definition) is 15. The summed E-state index contributed by atoms with van der Waals surface area (Å²) in [5.74, 6) is -1.04. The Bertz CT molecular complexity index is 1510. The first-order chi connectivity index (χ1) is 33.1. The first-order valence-corrected chi connectivity index (χ1v) is 25.2. The molecule has 0 aromatic carbocycles. The molecule has 69 heavy (non-hydrogen) atoms. The maximum atomic E-state index is 11.3. The lowest BCUT2D eigenvalue weighted by Gasteiger charge is -2.47. The molecular weight excluding hydrogens is 973 g/mol. The molecule has 27 heteroatoms. The molecule has 20 atom stereocenters. The van der Waals surface area contributed by atoms with Crippen molar-refractivity contribution in [2.45, 2.75) is 156 Å². The molecule has 0 saturated carbocycles. The van der Waals surface area contributed by atoms with Crippen molar-refractivity contribution < 1.29 is 89.0 Å². The molecule has 0 aliphatic carbocycles. The molecule has 8 bridgehead atoms. The van der Waals surface area contributed by atoms with E-state index < -0.39 is 136 Å². The summed E-state index contributed by atoms with van der Waals surface area (Å²) in [6, 6.07) is 0. The molecule has 12 aliphatic heterocycles. The van der Waals surface area contributed by atoms with Gasteiger partial charge in [-0.1, -0.05) is 25.1 Å². The predicted octanol–water partition coefficient (Wildman–Crippen LogP) is -5.67. The summed E-state index contributed by atoms with van der Waals surface area (Å²) in [4.78, 5) is 2.82.